The van der Waals surface area contributed by atoms with Gasteiger partial charge in [0.15, 0.2) is 0 Å². The summed E-state index contributed by atoms with van der Waals surface area (Å²) < 4.78 is 7.12. The first-order valence-corrected chi connectivity index (χ1v) is 6.58. The Kier molecular flexibility index (Phi) is 3.14. The van der Waals surface area contributed by atoms with Gasteiger partial charge in [-0.15, -0.1) is 0 Å². The Labute approximate surface area is 122 Å². The number of benzene rings is 2. The molecule has 1 aromatic heterocycles. The minimum absolute atomic E-state index is 0.271. The first kappa shape index (κ1) is 13.2. The van der Waals surface area contributed by atoms with Crippen molar-refractivity contribution in [1.82, 2.24) is 4.57 Å². The Hall–Kier alpha value is -2.75. The van der Waals surface area contributed by atoms with Gasteiger partial charge in [-0.2, -0.15) is 0 Å². The number of carboxylic acids is 1. The van der Waals surface area contributed by atoms with Crippen LogP contribution in [0.4, 0.5) is 0 Å². The number of hydrogen-bond donors (Lipinski definition) is 1. The number of nitrogens with zero attached hydrogens (tertiary/aromatic N) is 1. The molecule has 21 heavy (non-hydrogen) atoms. The molecule has 0 aliphatic carbocycles. The van der Waals surface area contributed by atoms with Crippen LogP contribution in [-0.4, -0.2) is 22.8 Å². The number of para-hydroxylation sites is 2. The van der Waals surface area contributed by atoms with E-state index in [-0.39, 0.29) is 5.69 Å². The number of methoxy groups -OCH3 is 1. The van der Waals surface area contributed by atoms with E-state index in [9.17, 15) is 9.90 Å². The minimum atomic E-state index is -0.931. The fraction of sp³-hybridized carbons (Fsp3) is 0.118. The van der Waals surface area contributed by atoms with Gasteiger partial charge >= 0.3 is 5.97 Å². The Morgan fingerprint density at radius 3 is 2.52 bits per heavy atom. The van der Waals surface area contributed by atoms with Gasteiger partial charge in [-0.3, -0.25) is 0 Å². The van der Waals surface area contributed by atoms with Crippen molar-refractivity contribution >= 4 is 16.9 Å². The zero-order chi connectivity index (χ0) is 15.0. The van der Waals surface area contributed by atoms with Crippen molar-refractivity contribution in [2.75, 3.05) is 7.11 Å². The molecule has 4 heteroatoms. The molecule has 0 aliphatic heterocycles. The van der Waals surface area contributed by atoms with E-state index in [1.165, 1.54) is 0 Å². The summed E-state index contributed by atoms with van der Waals surface area (Å²) in [6.07, 6.45) is 0. The molecule has 0 aliphatic rings. The summed E-state index contributed by atoms with van der Waals surface area (Å²) in [5, 5.41) is 10.2. The van der Waals surface area contributed by atoms with Crippen LogP contribution in [-0.2, 0) is 7.05 Å². The van der Waals surface area contributed by atoms with Gasteiger partial charge < -0.3 is 14.4 Å². The number of aromatic nitrogens is 1. The molecule has 0 fully saturated rings. The second-order valence-corrected chi connectivity index (χ2v) is 4.84. The predicted octanol–water partition coefficient (Wildman–Crippen LogP) is 3.55. The van der Waals surface area contributed by atoms with Crippen molar-refractivity contribution in [3.8, 4) is 16.9 Å². The predicted molar refractivity (Wildman–Crippen MR) is 81.9 cm³/mol. The molecule has 1 heterocycles. The third kappa shape index (κ3) is 2.05. The molecule has 0 spiro atoms. The summed E-state index contributed by atoms with van der Waals surface area (Å²) >= 11 is 0. The third-order valence-corrected chi connectivity index (χ3v) is 3.67. The fourth-order valence-electron chi connectivity index (χ4n) is 2.71. The maximum Gasteiger partial charge on any atom is 0.352 e. The number of aryl methyl sites for hydroxylation is 1. The van der Waals surface area contributed by atoms with Gasteiger partial charge in [0.1, 0.15) is 11.4 Å². The Balaban J connectivity index is 2.36. The largest absolute Gasteiger partial charge is 0.496 e. The maximum atomic E-state index is 11.3. The molecule has 0 amide bonds. The van der Waals surface area contributed by atoms with Crippen LogP contribution in [0.15, 0.2) is 48.5 Å². The quantitative estimate of drug-likeness (QED) is 0.798. The standard InChI is InChI=1S/C17H15NO3/c1-18-14(17(19)20)10-11-6-5-8-13(16(11)18)12-7-3-4-9-15(12)21-2/h3-10H,1-2H3,(H,19,20). The fourth-order valence-corrected chi connectivity index (χ4v) is 2.71. The van der Waals surface area contributed by atoms with Crippen molar-refractivity contribution in [2.45, 2.75) is 0 Å². The SMILES string of the molecule is COc1ccccc1-c1cccc2cc(C(=O)O)n(C)c12. The van der Waals surface area contributed by atoms with E-state index in [4.69, 9.17) is 4.74 Å². The van der Waals surface area contributed by atoms with Gasteiger partial charge in [0.2, 0.25) is 0 Å². The van der Waals surface area contributed by atoms with Gasteiger partial charge in [-0.05, 0) is 12.1 Å². The second kappa shape index (κ2) is 4.98. The molecular formula is C17H15NO3. The zero-order valence-electron chi connectivity index (χ0n) is 11.8. The molecule has 0 atom stereocenters. The summed E-state index contributed by atoms with van der Waals surface area (Å²) in [5.41, 5.74) is 3.07. The van der Waals surface area contributed by atoms with E-state index in [0.29, 0.717) is 0 Å². The Bertz CT molecular complexity index is 833. The van der Waals surface area contributed by atoms with Crippen LogP contribution in [0.25, 0.3) is 22.0 Å². The summed E-state index contributed by atoms with van der Waals surface area (Å²) in [7, 11) is 3.40. The Morgan fingerprint density at radius 1 is 1.10 bits per heavy atom. The lowest BCUT2D eigenvalue weighted by Crippen LogP contribution is -2.04. The van der Waals surface area contributed by atoms with E-state index in [2.05, 4.69) is 0 Å². The second-order valence-electron chi connectivity index (χ2n) is 4.84. The van der Waals surface area contributed by atoms with Crippen LogP contribution < -0.4 is 4.74 Å². The molecule has 4 nitrogen and oxygen atoms in total. The molecule has 0 unspecified atom stereocenters. The first-order valence-electron chi connectivity index (χ1n) is 6.58. The average molecular weight is 281 g/mol. The highest BCUT2D eigenvalue weighted by Gasteiger charge is 2.16. The summed E-state index contributed by atoms with van der Waals surface area (Å²) in [6.45, 7) is 0. The van der Waals surface area contributed by atoms with Crippen molar-refractivity contribution in [1.29, 1.82) is 0 Å². The molecule has 0 saturated carbocycles. The van der Waals surface area contributed by atoms with Crippen molar-refractivity contribution in [3.05, 3.63) is 54.2 Å². The molecule has 0 bridgehead atoms. The van der Waals surface area contributed by atoms with Crippen LogP contribution in [0, 0.1) is 0 Å². The zero-order valence-corrected chi connectivity index (χ0v) is 11.8. The van der Waals surface area contributed by atoms with Gasteiger partial charge in [-0.25, -0.2) is 4.79 Å². The van der Waals surface area contributed by atoms with Gasteiger partial charge in [-0.1, -0.05) is 36.4 Å². The van der Waals surface area contributed by atoms with Gasteiger partial charge in [0.05, 0.1) is 12.6 Å². The number of rotatable bonds is 3. The lowest BCUT2D eigenvalue weighted by atomic mass is 10.0. The molecule has 3 rings (SSSR count). The number of aromatic carboxylic acids is 1. The lowest BCUT2D eigenvalue weighted by Gasteiger charge is -2.11. The first-order chi connectivity index (χ1) is 10.1. The topological polar surface area (TPSA) is 51.5 Å². The molecule has 2 aromatic carbocycles. The summed E-state index contributed by atoms with van der Waals surface area (Å²) in [5.74, 6) is -0.164. The van der Waals surface area contributed by atoms with E-state index < -0.39 is 5.97 Å². The molecule has 0 radical (unpaired) electrons. The molecule has 106 valence electrons. The van der Waals surface area contributed by atoms with E-state index in [1.807, 2.05) is 42.5 Å². The van der Waals surface area contributed by atoms with Crippen LogP contribution >= 0.6 is 0 Å². The number of hydrogen-bond acceptors (Lipinski definition) is 2. The highest BCUT2D eigenvalue weighted by atomic mass is 16.5. The van der Waals surface area contributed by atoms with Crippen molar-refractivity contribution < 1.29 is 14.6 Å². The van der Waals surface area contributed by atoms with Crippen LogP contribution in [0.2, 0.25) is 0 Å². The molecular weight excluding hydrogens is 266 g/mol. The number of carbonyl (C=O) groups is 1. The number of fused-ring (bicyclic) bond motifs is 1. The Morgan fingerprint density at radius 2 is 1.81 bits per heavy atom. The van der Waals surface area contributed by atoms with Gasteiger partial charge in [0, 0.05) is 23.6 Å². The van der Waals surface area contributed by atoms with Crippen LogP contribution in [0.1, 0.15) is 10.5 Å². The highest BCUT2D eigenvalue weighted by molar-refractivity contribution is 6.01. The molecule has 3 aromatic rings. The summed E-state index contributed by atoms with van der Waals surface area (Å²) in [4.78, 5) is 11.3. The lowest BCUT2D eigenvalue weighted by molar-refractivity contribution is 0.0687. The monoisotopic (exact) mass is 281 g/mol. The molecule has 0 saturated heterocycles. The van der Waals surface area contributed by atoms with Crippen LogP contribution in [0.5, 0.6) is 5.75 Å². The highest BCUT2D eigenvalue weighted by Crippen LogP contribution is 2.35. The number of ether oxygens (including phenoxy) is 1. The normalized spacial score (nSPS) is 10.8. The van der Waals surface area contributed by atoms with Crippen molar-refractivity contribution in [2.24, 2.45) is 7.05 Å². The summed E-state index contributed by atoms with van der Waals surface area (Å²) in [6, 6.07) is 15.2. The maximum absolute atomic E-state index is 11.3. The number of carboxylic acid groups (broad SMARTS) is 1. The van der Waals surface area contributed by atoms with Crippen molar-refractivity contribution in [3.63, 3.8) is 0 Å². The van der Waals surface area contributed by atoms with E-state index in [1.54, 1.807) is 24.8 Å². The van der Waals surface area contributed by atoms with Crippen LogP contribution in [0.3, 0.4) is 0 Å². The smallest absolute Gasteiger partial charge is 0.352 e. The van der Waals surface area contributed by atoms with E-state index >= 15 is 0 Å². The minimum Gasteiger partial charge on any atom is -0.496 e. The average Bonchev–Trinajstić information content (AvgIpc) is 2.85. The third-order valence-electron chi connectivity index (χ3n) is 3.67. The molecule has 1 N–H and O–H groups in total. The van der Waals surface area contributed by atoms with E-state index in [0.717, 1.165) is 27.8 Å². The van der Waals surface area contributed by atoms with Gasteiger partial charge in [0.25, 0.3) is 0 Å².